The number of nitrogens with two attached hydrogens (primary N) is 1. The van der Waals surface area contributed by atoms with Crippen LogP contribution in [0.5, 0.6) is 0 Å². The maximum absolute atomic E-state index is 5.96. The molecule has 4 fully saturated rings. The molecule has 3 heteroatoms. The third-order valence-electron chi connectivity index (χ3n) is 5.08. The highest BCUT2D eigenvalue weighted by molar-refractivity contribution is 4.97. The predicted molar refractivity (Wildman–Crippen MR) is 66.3 cm³/mol. The highest BCUT2D eigenvalue weighted by atomic mass is 15.3. The molecule has 2 bridgehead atoms. The van der Waals surface area contributed by atoms with E-state index < -0.39 is 0 Å². The number of rotatable bonds is 4. The van der Waals surface area contributed by atoms with Crippen LogP contribution >= 0.6 is 0 Å². The lowest BCUT2D eigenvalue weighted by atomic mass is 9.82. The van der Waals surface area contributed by atoms with Gasteiger partial charge < -0.3 is 10.6 Å². The van der Waals surface area contributed by atoms with Crippen molar-refractivity contribution in [1.82, 2.24) is 9.80 Å². The van der Waals surface area contributed by atoms with E-state index in [2.05, 4.69) is 16.8 Å². The first-order chi connectivity index (χ1) is 7.79. The molecule has 3 heterocycles. The normalized spacial score (nSPS) is 40.3. The number of likely N-dealkylation sites (N-methyl/N-ethyl adjacent to an activating group) is 1. The molecule has 0 radical (unpaired) electrons. The van der Waals surface area contributed by atoms with Gasteiger partial charge in [0.15, 0.2) is 0 Å². The second-order valence-electron chi connectivity index (χ2n) is 6.01. The highest BCUT2D eigenvalue weighted by Gasteiger charge is 2.41. The lowest BCUT2D eigenvalue weighted by Crippen LogP contribution is -2.59. The Morgan fingerprint density at radius 3 is 2.38 bits per heavy atom. The molecule has 2 atom stereocenters. The van der Waals surface area contributed by atoms with Gasteiger partial charge in [0.2, 0.25) is 0 Å². The largest absolute Gasteiger partial charge is 0.329 e. The topological polar surface area (TPSA) is 32.5 Å². The van der Waals surface area contributed by atoms with E-state index in [0.29, 0.717) is 6.04 Å². The lowest BCUT2D eigenvalue weighted by Gasteiger charge is -2.50. The third-order valence-corrected chi connectivity index (χ3v) is 5.08. The molecule has 1 saturated carbocycles. The predicted octanol–water partition coefficient (Wildman–Crippen LogP) is 0.750. The van der Waals surface area contributed by atoms with Crippen LogP contribution in [0.3, 0.4) is 0 Å². The van der Waals surface area contributed by atoms with Crippen molar-refractivity contribution in [3.63, 3.8) is 0 Å². The van der Waals surface area contributed by atoms with Crippen LogP contribution in [0, 0.1) is 11.8 Å². The molecular formula is C13H25N3. The molecule has 92 valence electrons. The quantitative estimate of drug-likeness (QED) is 0.763. The summed E-state index contributed by atoms with van der Waals surface area (Å²) in [5.74, 6) is 1.85. The van der Waals surface area contributed by atoms with Gasteiger partial charge in [-0.15, -0.1) is 0 Å². The Bertz CT molecular complexity index is 244. The molecule has 0 aromatic heterocycles. The van der Waals surface area contributed by atoms with Gasteiger partial charge in [-0.25, -0.2) is 0 Å². The lowest BCUT2D eigenvalue weighted by molar-refractivity contribution is -0.00363. The van der Waals surface area contributed by atoms with Gasteiger partial charge in [0.1, 0.15) is 0 Å². The monoisotopic (exact) mass is 223 g/mol. The minimum absolute atomic E-state index is 0.658. The van der Waals surface area contributed by atoms with Crippen LogP contribution in [0.4, 0.5) is 0 Å². The fraction of sp³-hybridized carbons (Fsp3) is 1.00. The summed E-state index contributed by atoms with van der Waals surface area (Å²) in [7, 11) is 2.32. The number of fused-ring (bicyclic) bond motifs is 3. The number of hydrogen-bond acceptors (Lipinski definition) is 3. The summed E-state index contributed by atoms with van der Waals surface area (Å²) in [5, 5.41) is 0. The second kappa shape index (κ2) is 4.28. The minimum atomic E-state index is 0.658. The smallest absolute Gasteiger partial charge is 0.0252 e. The van der Waals surface area contributed by atoms with Gasteiger partial charge in [-0.2, -0.15) is 0 Å². The summed E-state index contributed by atoms with van der Waals surface area (Å²) < 4.78 is 0. The maximum Gasteiger partial charge on any atom is 0.0252 e. The fourth-order valence-corrected chi connectivity index (χ4v) is 3.81. The SMILES string of the molecule is CN(C(CN)C1CC1)C1CN2CCC1CC2. The molecule has 0 spiro atoms. The van der Waals surface area contributed by atoms with E-state index in [1.165, 1.54) is 45.3 Å². The van der Waals surface area contributed by atoms with Gasteiger partial charge in [0.05, 0.1) is 0 Å². The highest BCUT2D eigenvalue weighted by Crippen LogP contribution is 2.38. The van der Waals surface area contributed by atoms with E-state index in [9.17, 15) is 0 Å². The van der Waals surface area contributed by atoms with Crippen molar-refractivity contribution in [1.29, 1.82) is 0 Å². The standard InChI is InChI=1S/C13H25N3/c1-15(12(8-14)10-2-3-10)13-9-16-6-4-11(13)5-7-16/h10-13H,2-9,14H2,1H3. The van der Waals surface area contributed by atoms with E-state index >= 15 is 0 Å². The summed E-state index contributed by atoms with van der Waals surface area (Å²) in [6, 6.07) is 1.45. The van der Waals surface area contributed by atoms with E-state index in [1.807, 2.05) is 0 Å². The van der Waals surface area contributed by atoms with Crippen LogP contribution in [0.15, 0.2) is 0 Å². The van der Waals surface area contributed by atoms with Crippen LogP contribution in [0.25, 0.3) is 0 Å². The number of nitrogens with zero attached hydrogens (tertiary/aromatic N) is 2. The Morgan fingerprint density at radius 1 is 1.25 bits per heavy atom. The van der Waals surface area contributed by atoms with Crippen molar-refractivity contribution >= 4 is 0 Å². The summed E-state index contributed by atoms with van der Waals surface area (Å²) >= 11 is 0. The van der Waals surface area contributed by atoms with Gasteiger partial charge >= 0.3 is 0 Å². The molecule has 3 aliphatic heterocycles. The Labute approximate surface area is 99.0 Å². The molecule has 3 nitrogen and oxygen atoms in total. The molecule has 16 heavy (non-hydrogen) atoms. The molecule has 2 unspecified atom stereocenters. The Hall–Kier alpha value is -0.120. The third kappa shape index (κ3) is 1.89. The van der Waals surface area contributed by atoms with Gasteiger partial charge in [0, 0.05) is 25.2 Å². The van der Waals surface area contributed by atoms with Crippen molar-refractivity contribution in [2.24, 2.45) is 17.6 Å². The Balaban J connectivity index is 1.66. The first-order valence-corrected chi connectivity index (χ1v) is 6.94. The zero-order valence-electron chi connectivity index (χ0n) is 10.4. The van der Waals surface area contributed by atoms with Crippen LogP contribution < -0.4 is 5.73 Å². The molecule has 4 aliphatic rings. The number of hydrogen-bond donors (Lipinski definition) is 1. The van der Waals surface area contributed by atoms with Crippen molar-refractivity contribution < 1.29 is 0 Å². The molecular weight excluding hydrogens is 198 g/mol. The molecule has 1 aliphatic carbocycles. The van der Waals surface area contributed by atoms with E-state index in [-0.39, 0.29) is 0 Å². The molecule has 3 saturated heterocycles. The zero-order chi connectivity index (χ0) is 11.1. The molecule has 4 rings (SSSR count). The average molecular weight is 223 g/mol. The zero-order valence-corrected chi connectivity index (χ0v) is 10.4. The first-order valence-electron chi connectivity index (χ1n) is 6.94. The molecule has 0 amide bonds. The van der Waals surface area contributed by atoms with Crippen molar-refractivity contribution in [3.05, 3.63) is 0 Å². The molecule has 2 N–H and O–H groups in total. The van der Waals surface area contributed by atoms with Gasteiger partial charge in [-0.3, -0.25) is 4.90 Å². The van der Waals surface area contributed by atoms with E-state index in [0.717, 1.165) is 24.4 Å². The average Bonchev–Trinajstić information content (AvgIpc) is 3.16. The van der Waals surface area contributed by atoms with Gasteiger partial charge in [-0.05, 0) is 57.7 Å². The number of piperidine rings is 3. The Morgan fingerprint density at radius 2 is 1.94 bits per heavy atom. The Kier molecular flexibility index (Phi) is 2.94. The first kappa shape index (κ1) is 11.0. The van der Waals surface area contributed by atoms with Gasteiger partial charge in [0.25, 0.3) is 0 Å². The van der Waals surface area contributed by atoms with Crippen LogP contribution in [0.1, 0.15) is 25.7 Å². The molecule has 0 aromatic carbocycles. The van der Waals surface area contributed by atoms with Crippen molar-refractivity contribution in [2.75, 3.05) is 33.2 Å². The van der Waals surface area contributed by atoms with Crippen LogP contribution in [-0.4, -0.2) is 55.1 Å². The second-order valence-corrected chi connectivity index (χ2v) is 6.01. The maximum atomic E-state index is 5.96. The van der Waals surface area contributed by atoms with Crippen molar-refractivity contribution in [2.45, 2.75) is 37.8 Å². The minimum Gasteiger partial charge on any atom is -0.329 e. The van der Waals surface area contributed by atoms with Gasteiger partial charge in [-0.1, -0.05) is 0 Å². The van der Waals surface area contributed by atoms with Crippen molar-refractivity contribution in [3.8, 4) is 0 Å². The fourth-order valence-electron chi connectivity index (χ4n) is 3.81. The van der Waals surface area contributed by atoms with E-state index in [1.54, 1.807) is 0 Å². The van der Waals surface area contributed by atoms with E-state index in [4.69, 9.17) is 5.73 Å². The molecule has 0 aromatic rings. The summed E-state index contributed by atoms with van der Waals surface area (Å²) in [6.45, 7) is 4.83. The summed E-state index contributed by atoms with van der Waals surface area (Å²) in [4.78, 5) is 5.27. The summed E-state index contributed by atoms with van der Waals surface area (Å²) in [6.07, 6.45) is 5.65. The van der Waals surface area contributed by atoms with Crippen LogP contribution in [-0.2, 0) is 0 Å². The van der Waals surface area contributed by atoms with Crippen LogP contribution in [0.2, 0.25) is 0 Å². The summed E-state index contributed by atoms with van der Waals surface area (Å²) in [5.41, 5.74) is 5.96.